The van der Waals surface area contributed by atoms with Crippen LogP contribution in [0.3, 0.4) is 0 Å². The lowest BCUT2D eigenvalue weighted by Crippen LogP contribution is -2.16. The number of nitrogens with two attached hydrogens (primary N) is 2. The summed E-state index contributed by atoms with van der Waals surface area (Å²) in [5.41, 5.74) is 10.4. The van der Waals surface area contributed by atoms with E-state index in [2.05, 4.69) is 4.98 Å². The minimum atomic E-state index is -4.41. The third kappa shape index (κ3) is 3.54. The summed E-state index contributed by atoms with van der Waals surface area (Å²) in [4.78, 5) is 5.58. The Morgan fingerprint density at radius 2 is 2.00 bits per heavy atom. The van der Waals surface area contributed by atoms with Gasteiger partial charge < -0.3 is 16.4 Å². The van der Waals surface area contributed by atoms with Crippen LogP contribution in [0.15, 0.2) is 24.0 Å². The van der Waals surface area contributed by atoms with Crippen molar-refractivity contribution in [1.29, 1.82) is 0 Å². The first kappa shape index (κ1) is 14.1. The fourth-order valence-electron chi connectivity index (χ4n) is 1.32. The minimum Gasteiger partial charge on any atom is -0.403 e. The Labute approximate surface area is 103 Å². The Bertz CT molecular complexity index is 452. The minimum absolute atomic E-state index is 0.0846. The number of halogens is 3. The molecule has 1 rings (SSSR count). The van der Waals surface area contributed by atoms with Gasteiger partial charge in [0.05, 0.1) is 5.56 Å². The van der Waals surface area contributed by atoms with Crippen LogP contribution in [0.1, 0.15) is 11.3 Å². The van der Waals surface area contributed by atoms with Gasteiger partial charge in [0.15, 0.2) is 0 Å². The number of anilines is 1. The van der Waals surface area contributed by atoms with Gasteiger partial charge >= 0.3 is 6.18 Å². The summed E-state index contributed by atoms with van der Waals surface area (Å²) in [7, 11) is 3.24. The first-order valence-corrected chi connectivity index (χ1v) is 5.15. The number of hydrogen-bond acceptors (Lipinski definition) is 4. The average molecular weight is 260 g/mol. The maximum atomic E-state index is 12.7. The molecule has 0 fully saturated rings. The van der Waals surface area contributed by atoms with Crippen molar-refractivity contribution in [2.75, 3.05) is 19.0 Å². The van der Waals surface area contributed by atoms with E-state index in [9.17, 15) is 13.2 Å². The van der Waals surface area contributed by atoms with Gasteiger partial charge in [0.2, 0.25) is 0 Å². The predicted molar refractivity (Wildman–Crippen MR) is 63.7 cm³/mol. The molecule has 1 heterocycles. The van der Waals surface area contributed by atoms with Crippen molar-refractivity contribution in [3.8, 4) is 0 Å². The van der Waals surface area contributed by atoms with E-state index in [1.54, 1.807) is 14.1 Å². The van der Waals surface area contributed by atoms with Gasteiger partial charge in [-0.25, -0.2) is 4.98 Å². The Morgan fingerprint density at radius 1 is 1.39 bits per heavy atom. The summed E-state index contributed by atoms with van der Waals surface area (Å²) < 4.78 is 38.1. The molecule has 18 heavy (non-hydrogen) atoms. The van der Waals surface area contributed by atoms with Crippen LogP contribution in [0.25, 0.3) is 0 Å². The van der Waals surface area contributed by atoms with Crippen molar-refractivity contribution in [2.45, 2.75) is 12.6 Å². The lowest BCUT2D eigenvalue weighted by Gasteiger charge is -2.16. The second-order valence-electron chi connectivity index (χ2n) is 4.02. The summed E-state index contributed by atoms with van der Waals surface area (Å²) in [5.74, 6) is 0.227. The van der Waals surface area contributed by atoms with Gasteiger partial charge in [-0.05, 0) is 12.1 Å². The Hall–Kier alpha value is -1.92. The van der Waals surface area contributed by atoms with Crippen molar-refractivity contribution in [2.24, 2.45) is 11.5 Å². The van der Waals surface area contributed by atoms with Crippen molar-refractivity contribution in [3.05, 3.63) is 35.3 Å². The van der Waals surface area contributed by atoms with Crippen LogP contribution in [0.4, 0.5) is 19.0 Å². The molecule has 0 atom stereocenters. The van der Waals surface area contributed by atoms with E-state index in [4.69, 9.17) is 11.5 Å². The van der Waals surface area contributed by atoms with Crippen LogP contribution in [0, 0.1) is 0 Å². The molecule has 100 valence electrons. The smallest absolute Gasteiger partial charge is 0.403 e. The fraction of sp³-hybridized carbons (Fsp3) is 0.364. The molecule has 1 aromatic heterocycles. The first-order chi connectivity index (χ1) is 8.24. The normalized spacial score (nSPS) is 12.6. The lowest BCUT2D eigenvalue weighted by atomic mass is 10.1. The molecule has 0 radical (unpaired) electrons. The second kappa shape index (κ2) is 5.16. The quantitative estimate of drug-likeness (QED) is 0.863. The monoisotopic (exact) mass is 260 g/mol. The van der Waals surface area contributed by atoms with Crippen LogP contribution >= 0.6 is 0 Å². The topological polar surface area (TPSA) is 68.2 Å². The molecule has 7 heteroatoms. The molecule has 4 N–H and O–H groups in total. The highest BCUT2D eigenvalue weighted by Gasteiger charge is 2.31. The van der Waals surface area contributed by atoms with Gasteiger partial charge in [0.1, 0.15) is 5.82 Å². The first-order valence-electron chi connectivity index (χ1n) is 5.15. The van der Waals surface area contributed by atoms with Gasteiger partial charge in [0.25, 0.3) is 0 Å². The Balaban J connectivity index is 3.23. The van der Waals surface area contributed by atoms with Gasteiger partial charge in [-0.2, -0.15) is 13.2 Å². The van der Waals surface area contributed by atoms with E-state index >= 15 is 0 Å². The van der Waals surface area contributed by atoms with E-state index in [0.29, 0.717) is 0 Å². The largest absolute Gasteiger partial charge is 0.416 e. The van der Waals surface area contributed by atoms with E-state index in [0.717, 1.165) is 18.3 Å². The molecule has 0 bridgehead atoms. The zero-order valence-corrected chi connectivity index (χ0v) is 10.1. The number of pyridine rings is 1. The molecule has 0 aromatic carbocycles. The Kier molecular flexibility index (Phi) is 4.05. The lowest BCUT2D eigenvalue weighted by molar-refractivity contribution is -0.137. The van der Waals surface area contributed by atoms with E-state index in [1.807, 2.05) is 0 Å². The summed E-state index contributed by atoms with van der Waals surface area (Å²) in [6.45, 7) is 0. The number of nitrogens with zero attached hydrogens (tertiary/aromatic N) is 2. The summed E-state index contributed by atoms with van der Waals surface area (Å²) >= 11 is 0. The van der Waals surface area contributed by atoms with Crippen molar-refractivity contribution in [3.63, 3.8) is 0 Å². The highest BCUT2D eigenvalue weighted by molar-refractivity contribution is 5.42. The average Bonchev–Trinajstić information content (AvgIpc) is 2.27. The molecular formula is C11H15F3N4. The molecule has 0 aliphatic carbocycles. The predicted octanol–water partition coefficient (Wildman–Crippen LogP) is 1.47. The van der Waals surface area contributed by atoms with Crippen molar-refractivity contribution < 1.29 is 13.2 Å². The molecule has 0 aliphatic rings. The number of alkyl halides is 3. The standard InChI is InChI=1S/C11H15F3N4/c1-18(2)10-4-7(11(12,13)14)3-9(17-10)5-8(16)6-15/h3-4,6H,5,15-16H2,1-2H3/b8-6-. The van der Waals surface area contributed by atoms with Crippen LogP contribution in [0.5, 0.6) is 0 Å². The van der Waals surface area contributed by atoms with Crippen LogP contribution < -0.4 is 16.4 Å². The highest BCUT2D eigenvalue weighted by Crippen LogP contribution is 2.31. The van der Waals surface area contributed by atoms with Gasteiger partial charge in [-0.15, -0.1) is 0 Å². The molecular weight excluding hydrogens is 245 g/mol. The number of aromatic nitrogens is 1. The third-order valence-electron chi connectivity index (χ3n) is 2.25. The maximum absolute atomic E-state index is 12.7. The van der Waals surface area contributed by atoms with E-state index < -0.39 is 11.7 Å². The van der Waals surface area contributed by atoms with E-state index in [-0.39, 0.29) is 23.6 Å². The summed E-state index contributed by atoms with van der Waals surface area (Å²) in [6.07, 6.45) is -3.18. The van der Waals surface area contributed by atoms with Gasteiger partial charge in [-0.1, -0.05) is 0 Å². The van der Waals surface area contributed by atoms with Crippen LogP contribution in [0.2, 0.25) is 0 Å². The zero-order chi connectivity index (χ0) is 13.9. The Morgan fingerprint density at radius 3 is 2.44 bits per heavy atom. The molecule has 1 aromatic rings. The summed E-state index contributed by atoms with van der Waals surface area (Å²) in [5, 5.41) is 0. The highest BCUT2D eigenvalue weighted by atomic mass is 19.4. The number of allylic oxidation sites excluding steroid dienone is 1. The van der Waals surface area contributed by atoms with E-state index in [1.165, 1.54) is 4.90 Å². The van der Waals surface area contributed by atoms with Crippen molar-refractivity contribution >= 4 is 5.82 Å². The molecule has 0 saturated heterocycles. The SMILES string of the molecule is CN(C)c1cc(C(F)(F)F)cc(C/C(N)=C/N)n1. The molecule has 0 aliphatic heterocycles. The van der Waals surface area contributed by atoms with Gasteiger partial charge in [0, 0.05) is 38.1 Å². The molecule has 0 unspecified atom stereocenters. The van der Waals surface area contributed by atoms with Gasteiger partial charge in [-0.3, -0.25) is 0 Å². The molecule has 0 saturated carbocycles. The fourth-order valence-corrected chi connectivity index (χ4v) is 1.32. The number of rotatable bonds is 3. The van der Waals surface area contributed by atoms with Crippen LogP contribution in [-0.4, -0.2) is 19.1 Å². The number of hydrogen-bond donors (Lipinski definition) is 2. The molecule has 4 nitrogen and oxygen atoms in total. The zero-order valence-electron chi connectivity index (χ0n) is 10.1. The van der Waals surface area contributed by atoms with Crippen molar-refractivity contribution in [1.82, 2.24) is 4.98 Å². The summed E-state index contributed by atoms with van der Waals surface area (Å²) in [6, 6.07) is 1.97. The third-order valence-corrected chi connectivity index (χ3v) is 2.25. The molecule has 0 amide bonds. The maximum Gasteiger partial charge on any atom is 0.416 e. The van der Waals surface area contributed by atoms with Crippen LogP contribution in [-0.2, 0) is 12.6 Å². The molecule has 0 spiro atoms. The second-order valence-corrected chi connectivity index (χ2v) is 4.02.